The first-order chi connectivity index (χ1) is 11.0. The predicted octanol–water partition coefficient (Wildman–Crippen LogP) is 1.07. The van der Waals surface area contributed by atoms with Crippen molar-refractivity contribution in [1.29, 1.82) is 0 Å². The molecule has 0 fully saturated rings. The van der Waals surface area contributed by atoms with Gasteiger partial charge in [0.15, 0.2) is 6.61 Å². The van der Waals surface area contributed by atoms with Gasteiger partial charge in [-0.2, -0.15) is 0 Å². The summed E-state index contributed by atoms with van der Waals surface area (Å²) in [4.78, 5) is 33.5. The standard InChI is InChI=1S/C16H22N2O5/c1-2-8-17-14(19)6-7-15(20)18-10-12-4-3-5-13(9-12)23-11-16(21)22/h3-5,9H,2,6-8,10-11H2,1H3,(H,17,19)(H,18,20)(H,21,22). The van der Waals surface area contributed by atoms with Crippen LogP contribution in [0.1, 0.15) is 31.7 Å². The van der Waals surface area contributed by atoms with Gasteiger partial charge in [-0.25, -0.2) is 4.79 Å². The van der Waals surface area contributed by atoms with E-state index in [1.54, 1.807) is 24.3 Å². The molecule has 7 heteroatoms. The van der Waals surface area contributed by atoms with Crippen LogP contribution in [0.3, 0.4) is 0 Å². The number of hydrogen-bond donors (Lipinski definition) is 3. The molecule has 7 nitrogen and oxygen atoms in total. The minimum absolute atomic E-state index is 0.130. The fraction of sp³-hybridized carbons (Fsp3) is 0.438. The largest absolute Gasteiger partial charge is 0.482 e. The Morgan fingerprint density at radius 3 is 2.48 bits per heavy atom. The molecule has 0 aromatic heterocycles. The number of carbonyl (C=O) groups is 3. The third-order valence-corrected chi connectivity index (χ3v) is 2.90. The van der Waals surface area contributed by atoms with Crippen molar-refractivity contribution in [3.8, 4) is 5.75 Å². The lowest BCUT2D eigenvalue weighted by Crippen LogP contribution is -2.27. The van der Waals surface area contributed by atoms with E-state index >= 15 is 0 Å². The van der Waals surface area contributed by atoms with Crippen molar-refractivity contribution in [2.24, 2.45) is 0 Å². The van der Waals surface area contributed by atoms with Crippen molar-refractivity contribution >= 4 is 17.8 Å². The maximum atomic E-state index is 11.7. The SMILES string of the molecule is CCCNC(=O)CCC(=O)NCc1cccc(OCC(=O)O)c1. The highest BCUT2D eigenvalue weighted by molar-refractivity contribution is 5.83. The summed E-state index contributed by atoms with van der Waals surface area (Å²) in [6, 6.07) is 6.82. The Morgan fingerprint density at radius 1 is 1.13 bits per heavy atom. The first-order valence-electron chi connectivity index (χ1n) is 7.48. The molecule has 0 spiro atoms. The Hall–Kier alpha value is -2.57. The number of carboxylic acids is 1. The van der Waals surface area contributed by atoms with Gasteiger partial charge in [-0.05, 0) is 24.1 Å². The highest BCUT2D eigenvalue weighted by Gasteiger charge is 2.07. The van der Waals surface area contributed by atoms with Gasteiger partial charge in [-0.3, -0.25) is 9.59 Å². The first kappa shape index (κ1) is 18.5. The van der Waals surface area contributed by atoms with Gasteiger partial charge < -0.3 is 20.5 Å². The molecule has 3 N–H and O–H groups in total. The third-order valence-electron chi connectivity index (χ3n) is 2.90. The van der Waals surface area contributed by atoms with Crippen LogP contribution in [0.5, 0.6) is 5.75 Å². The zero-order chi connectivity index (χ0) is 17.1. The average molecular weight is 322 g/mol. The van der Waals surface area contributed by atoms with Gasteiger partial charge in [0.05, 0.1) is 0 Å². The van der Waals surface area contributed by atoms with E-state index in [1.165, 1.54) is 0 Å². The van der Waals surface area contributed by atoms with Crippen molar-refractivity contribution in [3.05, 3.63) is 29.8 Å². The van der Waals surface area contributed by atoms with Crippen LogP contribution in [0.4, 0.5) is 0 Å². The van der Waals surface area contributed by atoms with Gasteiger partial charge in [-0.1, -0.05) is 19.1 Å². The number of rotatable bonds is 10. The number of amides is 2. The van der Waals surface area contributed by atoms with Crippen LogP contribution in [-0.4, -0.2) is 36.0 Å². The van der Waals surface area contributed by atoms with Crippen LogP contribution in [0, 0.1) is 0 Å². The van der Waals surface area contributed by atoms with E-state index in [1.807, 2.05) is 6.92 Å². The smallest absolute Gasteiger partial charge is 0.341 e. The van der Waals surface area contributed by atoms with Crippen LogP contribution in [-0.2, 0) is 20.9 Å². The molecule has 0 heterocycles. The number of ether oxygens (including phenoxy) is 1. The number of nitrogens with one attached hydrogen (secondary N) is 2. The molecule has 0 unspecified atom stereocenters. The average Bonchev–Trinajstić information content (AvgIpc) is 2.54. The number of carbonyl (C=O) groups excluding carboxylic acids is 2. The molecule has 0 saturated heterocycles. The molecule has 1 aromatic rings. The minimum atomic E-state index is -1.05. The van der Waals surface area contributed by atoms with Crippen LogP contribution in [0.25, 0.3) is 0 Å². The fourth-order valence-corrected chi connectivity index (χ4v) is 1.76. The van der Waals surface area contributed by atoms with Crippen LogP contribution < -0.4 is 15.4 Å². The number of aliphatic carboxylic acids is 1. The van der Waals surface area contributed by atoms with Crippen LogP contribution in [0.2, 0.25) is 0 Å². The molecule has 0 saturated carbocycles. The summed E-state index contributed by atoms with van der Waals surface area (Å²) >= 11 is 0. The maximum absolute atomic E-state index is 11.7. The maximum Gasteiger partial charge on any atom is 0.341 e. The van der Waals surface area contributed by atoms with Gasteiger partial charge >= 0.3 is 5.97 Å². The van der Waals surface area contributed by atoms with Gasteiger partial charge in [0.2, 0.25) is 11.8 Å². The number of hydrogen-bond acceptors (Lipinski definition) is 4. The molecule has 0 bridgehead atoms. The van der Waals surface area contributed by atoms with Crippen molar-refractivity contribution in [2.45, 2.75) is 32.7 Å². The second kappa shape index (κ2) is 10.2. The molecular weight excluding hydrogens is 300 g/mol. The van der Waals surface area contributed by atoms with Gasteiger partial charge in [0.25, 0.3) is 0 Å². The van der Waals surface area contributed by atoms with E-state index in [-0.39, 0.29) is 24.7 Å². The lowest BCUT2D eigenvalue weighted by molar-refractivity contribution is -0.139. The van der Waals surface area contributed by atoms with Gasteiger partial charge in [-0.15, -0.1) is 0 Å². The number of carboxylic acid groups (broad SMARTS) is 1. The summed E-state index contributed by atoms with van der Waals surface area (Å²) in [5, 5.41) is 14.0. The summed E-state index contributed by atoms with van der Waals surface area (Å²) in [6.45, 7) is 2.45. The van der Waals surface area contributed by atoms with E-state index < -0.39 is 12.6 Å². The second-order valence-corrected chi connectivity index (χ2v) is 4.96. The molecule has 1 rings (SSSR count). The number of benzene rings is 1. The summed E-state index contributed by atoms with van der Waals surface area (Å²) < 4.78 is 5.07. The van der Waals surface area contributed by atoms with Crippen LogP contribution >= 0.6 is 0 Å². The van der Waals surface area contributed by atoms with Crippen molar-refractivity contribution in [3.63, 3.8) is 0 Å². The second-order valence-electron chi connectivity index (χ2n) is 4.96. The highest BCUT2D eigenvalue weighted by atomic mass is 16.5. The predicted molar refractivity (Wildman–Crippen MR) is 84.0 cm³/mol. The van der Waals surface area contributed by atoms with E-state index in [0.717, 1.165) is 12.0 Å². The van der Waals surface area contributed by atoms with Crippen molar-refractivity contribution in [2.75, 3.05) is 13.2 Å². The van der Waals surface area contributed by atoms with Gasteiger partial charge in [0.1, 0.15) is 5.75 Å². The summed E-state index contributed by atoms with van der Waals surface area (Å²) in [7, 11) is 0. The molecular formula is C16H22N2O5. The molecule has 0 aliphatic carbocycles. The Morgan fingerprint density at radius 2 is 1.83 bits per heavy atom. The molecule has 0 aliphatic rings. The van der Waals surface area contributed by atoms with E-state index in [4.69, 9.17) is 9.84 Å². The first-order valence-corrected chi connectivity index (χ1v) is 7.48. The van der Waals surface area contributed by atoms with E-state index in [9.17, 15) is 14.4 Å². The summed E-state index contributed by atoms with van der Waals surface area (Å²) in [6.07, 6.45) is 1.15. The molecule has 0 radical (unpaired) electrons. The Bertz CT molecular complexity index is 545. The zero-order valence-corrected chi connectivity index (χ0v) is 13.1. The third kappa shape index (κ3) is 8.45. The van der Waals surface area contributed by atoms with Crippen molar-refractivity contribution in [1.82, 2.24) is 10.6 Å². The van der Waals surface area contributed by atoms with E-state index in [2.05, 4.69) is 10.6 Å². The lowest BCUT2D eigenvalue weighted by atomic mass is 10.2. The summed E-state index contributed by atoms with van der Waals surface area (Å²) in [5.41, 5.74) is 0.789. The zero-order valence-electron chi connectivity index (χ0n) is 13.1. The lowest BCUT2D eigenvalue weighted by Gasteiger charge is -2.08. The highest BCUT2D eigenvalue weighted by Crippen LogP contribution is 2.13. The monoisotopic (exact) mass is 322 g/mol. The van der Waals surface area contributed by atoms with Gasteiger partial charge in [0, 0.05) is 25.9 Å². The fourth-order valence-electron chi connectivity index (χ4n) is 1.76. The summed E-state index contributed by atoms with van der Waals surface area (Å²) in [5.74, 6) is -0.970. The Kier molecular flexibility index (Phi) is 8.20. The molecule has 126 valence electrons. The quantitative estimate of drug-likeness (QED) is 0.598. The Labute approximate surface area is 135 Å². The minimum Gasteiger partial charge on any atom is -0.482 e. The topological polar surface area (TPSA) is 105 Å². The van der Waals surface area contributed by atoms with Crippen LogP contribution in [0.15, 0.2) is 24.3 Å². The molecule has 0 aliphatic heterocycles. The Balaban J connectivity index is 2.33. The molecule has 23 heavy (non-hydrogen) atoms. The van der Waals surface area contributed by atoms with E-state index in [0.29, 0.717) is 18.8 Å². The molecule has 2 amide bonds. The molecule has 1 aromatic carbocycles. The molecule has 0 atom stereocenters. The normalized spacial score (nSPS) is 9.96. The van der Waals surface area contributed by atoms with Crippen molar-refractivity contribution < 1.29 is 24.2 Å².